The molecule has 104 valence electrons. The molecule has 0 spiro atoms. The van der Waals surface area contributed by atoms with Crippen molar-refractivity contribution in [2.24, 2.45) is 0 Å². The highest BCUT2D eigenvalue weighted by molar-refractivity contribution is 5.39. The maximum absolute atomic E-state index is 5.94. The van der Waals surface area contributed by atoms with Crippen molar-refractivity contribution in [2.45, 2.75) is 71.2 Å². The zero-order valence-corrected chi connectivity index (χ0v) is 12.5. The molecule has 2 heteroatoms. The van der Waals surface area contributed by atoms with Gasteiger partial charge >= 0.3 is 0 Å². The minimum atomic E-state index is 0.411. The van der Waals surface area contributed by atoms with Gasteiger partial charge in [0.05, 0.1) is 12.2 Å². The molecule has 1 aromatic carbocycles. The Morgan fingerprint density at radius 2 is 1.84 bits per heavy atom. The van der Waals surface area contributed by atoms with E-state index in [1.54, 1.807) is 0 Å². The fraction of sp³-hybridized carbons (Fsp3) is 0.647. The highest BCUT2D eigenvalue weighted by atomic mass is 16.5. The molecule has 2 aliphatic heterocycles. The quantitative estimate of drug-likeness (QED) is 0.896. The summed E-state index contributed by atoms with van der Waals surface area (Å²) in [5.74, 6) is 0. The zero-order chi connectivity index (χ0) is 13.6. The Morgan fingerprint density at radius 3 is 2.37 bits per heavy atom. The number of ether oxygens (including phenoxy) is 1. The Labute approximate surface area is 116 Å². The van der Waals surface area contributed by atoms with Crippen LogP contribution in [0.1, 0.15) is 54.5 Å². The maximum atomic E-state index is 5.94. The van der Waals surface area contributed by atoms with Crippen molar-refractivity contribution in [3.05, 3.63) is 34.4 Å². The molecule has 2 aliphatic rings. The summed E-state index contributed by atoms with van der Waals surface area (Å²) in [7, 11) is 0. The van der Waals surface area contributed by atoms with E-state index >= 15 is 0 Å². The summed E-state index contributed by atoms with van der Waals surface area (Å²) in [5, 5.41) is 3.80. The van der Waals surface area contributed by atoms with Crippen LogP contribution in [0, 0.1) is 20.8 Å². The average molecular weight is 259 g/mol. The number of fused-ring (bicyclic) bond motifs is 2. The predicted octanol–water partition coefficient (Wildman–Crippen LogP) is 3.58. The third-order valence-electron chi connectivity index (χ3n) is 4.74. The van der Waals surface area contributed by atoms with Crippen molar-refractivity contribution >= 4 is 0 Å². The van der Waals surface area contributed by atoms with E-state index in [4.69, 9.17) is 4.74 Å². The highest BCUT2D eigenvalue weighted by Gasteiger charge is 2.41. The molecule has 2 bridgehead atoms. The first-order chi connectivity index (χ1) is 9.04. The third kappa shape index (κ3) is 2.44. The molecule has 0 radical (unpaired) electrons. The lowest BCUT2D eigenvalue weighted by molar-refractivity contribution is 0.0962. The first kappa shape index (κ1) is 13.1. The van der Waals surface area contributed by atoms with E-state index in [0.29, 0.717) is 24.3 Å². The van der Waals surface area contributed by atoms with Crippen molar-refractivity contribution in [1.82, 2.24) is 5.32 Å². The topological polar surface area (TPSA) is 21.3 Å². The van der Waals surface area contributed by atoms with Gasteiger partial charge in [-0.1, -0.05) is 17.7 Å². The summed E-state index contributed by atoms with van der Waals surface area (Å²) < 4.78 is 5.94. The molecule has 2 saturated heterocycles. The SMILES string of the molecule is Cc1cc(C)c(C(C)NC2CC3CCC2O3)c(C)c1. The molecule has 3 rings (SSSR count). The zero-order valence-electron chi connectivity index (χ0n) is 12.5. The minimum Gasteiger partial charge on any atom is -0.373 e. The van der Waals surface area contributed by atoms with Gasteiger partial charge in [-0.25, -0.2) is 0 Å². The molecule has 0 amide bonds. The number of aryl methyl sites for hydroxylation is 3. The van der Waals surface area contributed by atoms with Crippen LogP contribution in [0.4, 0.5) is 0 Å². The van der Waals surface area contributed by atoms with Crippen molar-refractivity contribution in [1.29, 1.82) is 0 Å². The number of benzene rings is 1. The lowest BCUT2D eigenvalue weighted by Crippen LogP contribution is -2.39. The van der Waals surface area contributed by atoms with Gasteiger partial charge in [-0.2, -0.15) is 0 Å². The molecule has 4 atom stereocenters. The number of rotatable bonds is 3. The third-order valence-corrected chi connectivity index (χ3v) is 4.74. The van der Waals surface area contributed by atoms with Crippen LogP contribution < -0.4 is 5.32 Å². The Bertz CT molecular complexity index is 459. The van der Waals surface area contributed by atoms with Gasteiger partial charge in [0.25, 0.3) is 0 Å². The largest absolute Gasteiger partial charge is 0.373 e. The molecule has 4 unspecified atom stereocenters. The van der Waals surface area contributed by atoms with Crippen LogP contribution >= 0.6 is 0 Å². The van der Waals surface area contributed by atoms with Crippen LogP contribution in [-0.4, -0.2) is 18.2 Å². The standard InChI is InChI=1S/C17H25NO/c1-10-7-11(2)17(12(3)8-10)13(4)18-15-9-14-5-6-16(15)19-14/h7-8,13-16,18H,5-6,9H2,1-4H3. The van der Waals surface area contributed by atoms with Gasteiger partial charge in [0.1, 0.15) is 0 Å². The smallest absolute Gasteiger partial charge is 0.0733 e. The molecule has 2 heterocycles. The van der Waals surface area contributed by atoms with E-state index in [-0.39, 0.29) is 0 Å². The number of nitrogens with one attached hydrogen (secondary N) is 1. The van der Waals surface area contributed by atoms with Gasteiger partial charge < -0.3 is 10.1 Å². The number of hydrogen-bond donors (Lipinski definition) is 1. The molecule has 1 N–H and O–H groups in total. The minimum absolute atomic E-state index is 0.411. The van der Waals surface area contributed by atoms with E-state index in [1.807, 2.05) is 0 Å². The van der Waals surface area contributed by atoms with Crippen molar-refractivity contribution in [2.75, 3.05) is 0 Å². The summed E-state index contributed by atoms with van der Waals surface area (Å²) in [4.78, 5) is 0. The van der Waals surface area contributed by atoms with Crippen LogP contribution in [0.15, 0.2) is 12.1 Å². The van der Waals surface area contributed by atoms with Gasteiger partial charge in [-0.15, -0.1) is 0 Å². The second-order valence-corrected chi connectivity index (χ2v) is 6.42. The fourth-order valence-corrected chi connectivity index (χ4v) is 4.09. The van der Waals surface area contributed by atoms with Gasteiger partial charge in [-0.3, -0.25) is 0 Å². The summed E-state index contributed by atoms with van der Waals surface area (Å²) in [6.45, 7) is 8.91. The van der Waals surface area contributed by atoms with Crippen molar-refractivity contribution in [3.8, 4) is 0 Å². The molecule has 2 fully saturated rings. The summed E-state index contributed by atoms with van der Waals surface area (Å²) in [6, 6.07) is 5.54. The van der Waals surface area contributed by atoms with Gasteiger partial charge in [-0.05, 0) is 63.6 Å². The lowest BCUT2D eigenvalue weighted by atomic mass is 9.91. The predicted molar refractivity (Wildman–Crippen MR) is 78.5 cm³/mol. The normalized spacial score (nSPS) is 30.8. The van der Waals surface area contributed by atoms with E-state index < -0.39 is 0 Å². The second-order valence-electron chi connectivity index (χ2n) is 6.42. The molecule has 1 aromatic rings. The average Bonchev–Trinajstić information content (AvgIpc) is 2.89. The van der Waals surface area contributed by atoms with Crippen LogP contribution in [0.5, 0.6) is 0 Å². The highest BCUT2D eigenvalue weighted by Crippen LogP contribution is 2.36. The first-order valence-electron chi connectivity index (χ1n) is 7.54. The number of hydrogen-bond acceptors (Lipinski definition) is 2. The van der Waals surface area contributed by atoms with Crippen LogP contribution in [0.2, 0.25) is 0 Å². The van der Waals surface area contributed by atoms with Crippen LogP contribution in [0.25, 0.3) is 0 Å². The van der Waals surface area contributed by atoms with Crippen molar-refractivity contribution < 1.29 is 4.74 Å². The molecule has 0 aliphatic carbocycles. The van der Waals surface area contributed by atoms with Crippen molar-refractivity contribution in [3.63, 3.8) is 0 Å². The van der Waals surface area contributed by atoms with E-state index in [1.165, 1.54) is 41.5 Å². The van der Waals surface area contributed by atoms with Gasteiger partial charge in [0.15, 0.2) is 0 Å². The summed E-state index contributed by atoms with van der Waals surface area (Å²) in [5.41, 5.74) is 5.63. The maximum Gasteiger partial charge on any atom is 0.0733 e. The molecular weight excluding hydrogens is 234 g/mol. The monoisotopic (exact) mass is 259 g/mol. The molecule has 0 aromatic heterocycles. The molecule has 19 heavy (non-hydrogen) atoms. The summed E-state index contributed by atoms with van der Waals surface area (Å²) >= 11 is 0. The van der Waals surface area contributed by atoms with E-state index in [0.717, 1.165) is 0 Å². The van der Waals surface area contributed by atoms with E-state index in [9.17, 15) is 0 Å². The summed E-state index contributed by atoms with van der Waals surface area (Å²) in [6.07, 6.45) is 4.67. The fourth-order valence-electron chi connectivity index (χ4n) is 4.09. The first-order valence-corrected chi connectivity index (χ1v) is 7.54. The molecular formula is C17H25NO. The Morgan fingerprint density at radius 1 is 1.16 bits per heavy atom. The van der Waals surface area contributed by atoms with Gasteiger partial charge in [0, 0.05) is 12.1 Å². The lowest BCUT2D eigenvalue weighted by Gasteiger charge is -2.27. The Hall–Kier alpha value is -0.860. The Kier molecular flexibility index (Phi) is 3.40. The Balaban J connectivity index is 1.75. The van der Waals surface area contributed by atoms with Crippen LogP contribution in [0.3, 0.4) is 0 Å². The van der Waals surface area contributed by atoms with E-state index in [2.05, 4.69) is 45.1 Å². The molecule has 2 nitrogen and oxygen atoms in total. The van der Waals surface area contributed by atoms with Crippen LogP contribution in [-0.2, 0) is 4.74 Å². The molecule has 0 saturated carbocycles. The second kappa shape index (κ2) is 4.92. The van der Waals surface area contributed by atoms with Gasteiger partial charge in [0.2, 0.25) is 0 Å².